The Morgan fingerprint density at radius 2 is 0.614 bits per heavy atom. The van der Waals surface area contributed by atoms with Gasteiger partial charge in [-0.3, -0.25) is 0 Å². The van der Waals surface area contributed by atoms with E-state index < -0.39 is 0 Å². The first-order valence-electron chi connectivity index (χ1n) is 25.5. The second-order valence-electron chi connectivity index (χ2n) is 20.7. The van der Waals surface area contributed by atoms with Gasteiger partial charge in [-0.25, -0.2) is 0 Å². The zero-order valence-electron chi connectivity index (χ0n) is 40.4. The highest BCUT2D eigenvalue weighted by molar-refractivity contribution is 6.42. The van der Waals surface area contributed by atoms with Gasteiger partial charge in [0.25, 0.3) is 0 Å². The summed E-state index contributed by atoms with van der Waals surface area (Å²) in [6.07, 6.45) is 2.01. The average Bonchev–Trinajstić information content (AvgIpc) is 4.13. The second kappa shape index (κ2) is 13.4. The van der Waals surface area contributed by atoms with Gasteiger partial charge < -0.3 is 0 Å². The van der Waals surface area contributed by atoms with Gasteiger partial charge in [0.15, 0.2) is 0 Å². The smallest absolute Gasteiger partial charge is 0.00197 e. The van der Waals surface area contributed by atoms with E-state index in [9.17, 15) is 0 Å². The lowest BCUT2D eigenvalue weighted by molar-refractivity contribution is 1.14. The molecule has 328 valence electrons. The van der Waals surface area contributed by atoms with Crippen LogP contribution in [0.5, 0.6) is 0 Å². The van der Waals surface area contributed by atoms with E-state index in [2.05, 4.69) is 199 Å². The molecular weight excluding hydrogens is 841 g/mol. The molecule has 14 aromatic rings. The standard InChI is InChI=1S/C70H48/c1-7-39-41-17-9-10-18-42(41)40(8-2)70-58-34-36(4)60(51-25-16-28-54(68(51)58)69(39)70)49-30-32-56-64-38(6)63-55-31-29-48(59-35(3)33-57-44-20-12-11-19-43(44)45-21-13-24-50(59)67(45)57)46-22-14-26-52(65(46)55)61(63)37(5)62(64)53-27-15-23-47(49)66(53)56/h9-34H,7-8H2,1-6H3. The Labute approximate surface area is 407 Å². The Bertz CT molecular complexity index is 4690. The van der Waals surface area contributed by atoms with E-state index in [0.717, 1.165) is 12.8 Å². The summed E-state index contributed by atoms with van der Waals surface area (Å²) in [6, 6.07) is 61.1. The van der Waals surface area contributed by atoms with Gasteiger partial charge in [0, 0.05) is 0 Å². The third-order valence-corrected chi connectivity index (χ3v) is 17.6. The van der Waals surface area contributed by atoms with Gasteiger partial charge in [-0.15, -0.1) is 0 Å². The van der Waals surface area contributed by atoms with Crippen LogP contribution < -0.4 is 0 Å². The van der Waals surface area contributed by atoms with E-state index in [1.54, 1.807) is 0 Å². The molecule has 0 heterocycles. The Kier molecular flexibility index (Phi) is 7.43. The van der Waals surface area contributed by atoms with E-state index >= 15 is 0 Å². The molecule has 0 radical (unpaired) electrons. The number of benzene rings is 12. The van der Waals surface area contributed by atoms with Crippen molar-refractivity contribution in [1.29, 1.82) is 0 Å². The minimum Gasteiger partial charge on any atom is -0.0616 e. The largest absolute Gasteiger partial charge is 0.0616 e. The van der Waals surface area contributed by atoms with Crippen LogP contribution >= 0.6 is 0 Å². The van der Waals surface area contributed by atoms with Crippen molar-refractivity contribution in [2.45, 2.75) is 54.4 Å². The Morgan fingerprint density at radius 1 is 0.243 bits per heavy atom. The molecule has 0 heteroatoms. The van der Waals surface area contributed by atoms with E-state index in [-0.39, 0.29) is 0 Å². The van der Waals surface area contributed by atoms with Crippen molar-refractivity contribution in [3.63, 3.8) is 0 Å². The lowest BCUT2D eigenvalue weighted by Gasteiger charge is -2.18. The molecule has 70 heavy (non-hydrogen) atoms. The van der Waals surface area contributed by atoms with Crippen molar-refractivity contribution in [3.8, 4) is 66.8 Å². The van der Waals surface area contributed by atoms with Crippen LogP contribution in [0.25, 0.3) is 164 Å². The van der Waals surface area contributed by atoms with Gasteiger partial charge in [0.1, 0.15) is 0 Å². The third-order valence-electron chi connectivity index (χ3n) is 17.6. The molecule has 16 rings (SSSR count). The first kappa shape index (κ1) is 38.9. The first-order valence-corrected chi connectivity index (χ1v) is 25.5. The van der Waals surface area contributed by atoms with Crippen LogP contribution in [0.3, 0.4) is 0 Å². The fourth-order valence-corrected chi connectivity index (χ4v) is 15.1. The summed E-state index contributed by atoms with van der Waals surface area (Å²) in [5, 5.41) is 24.9. The number of hydrogen-bond acceptors (Lipinski definition) is 0. The van der Waals surface area contributed by atoms with Crippen LogP contribution in [0.4, 0.5) is 0 Å². The van der Waals surface area contributed by atoms with E-state index in [4.69, 9.17) is 0 Å². The Balaban J connectivity index is 0.934. The summed E-state index contributed by atoms with van der Waals surface area (Å²) in [4.78, 5) is 0. The van der Waals surface area contributed by atoms with Gasteiger partial charge in [-0.2, -0.15) is 0 Å². The SMILES string of the molecule is CCc1c2c(c(CC)c3ccccc13)-c1cc(C)c(-c3ccc4c5c(C)c6c7ccc(-c8c(C)cc9c%10c(cccc8%10)-c8ccccc8-9)c8cccc(c6c(C)c5c5cccc3c54)c87)c3cccc-2c13. The molecule has 0 aromatic heterocycles. The molecule has 0 unspecified atom stereocenters. The maximum Gasteiger partial charge on any atom is -0.00197 e. The molecule has 2 aliphatic carbocycles. The van der Waals surface area contributed by atoms with Crippen molar-refractivity contribution >= 4 is 97.0 Å². The molecule has 0 bridgehead atoms. The average molecular weight is 889 g/mol. The summed E-state index contributed by atoms with van der Waals surface area (Å²) in [5.74, 6) is 0. The molecule has 0 amide bonds. The lowest BCUT2D eigenvalue weighted by atomic mass is 9.85. The van der Waals surface area contributed by atoms with Gasteiger partial charge in [-0.1, -0.05) is 172 Å². The van der Waals surface area contributed by atoms with Crippen molar-refractivity contribution in [1.82, 2.24) is 0 Å². The zero-order chi connectivity index (χ0) is 46.6. The topological polar surface area (TPSA) is 0 Å². The molecule has 0 spiro atoms. The zero-order valence-corrected chi connectivity index (χ0v) is 40.4. The quantitative estimate of drug-likeness (QED) is 0.165. The Morgan fingerprint density at radius 3 is 1.14 bits per heavy atom. The first-order chi connectivity index (χ1) is 34.4. The summed E-state index contributed by atoms with van der Waals surface area (Å²) in [6.45, 7) is 14.2. The van der Waals surface area contributed by atoms with E-state index in [1.165, 1.54) is 197 Å². The number of fused-ring (bicyclic) bond motifs is 13. The van der Waals surface area contributed by atoms with Crippen LogP contribution in [0, 0.1) is 27.7 Å². The predicted octanol–water partition coefficient (Wildman–Crippen LogP) is 19.9. The highest BCUT2D eigenvalue weighted by atomic mass is 14.3. The highest BCUT2D eigenvalue weighted by Crippen LogP contribution is 2.58. The molecule has 0 aliphatic heterocycles. The van der Waals surface area contributed by atoms with Gasteiger partial charge in [0.05, 0.1) is 0 Å². The van der Waals surface area contributed by atoms with Crippen LogP contribution in [-0.2, 0) is 12.8 Å². The van der Waals surface area contributed by atoms with E-state index in [1.807, 2.05) is 0 Å². The molecule has 0 saturated carbocycles. The third kappa shape index (κ3) is 4.47. The molecule has 0 atom stereocenters. The van der Waals surface area contributed by atoms with Gasteiger partial charge in [-0.05, 0) is 238 Å². The summed E-state index contributed by atoms with van der Waals surface area (Å²) >= 11 is 0. The second-order valence-corrected chi connectivity index (χ2v) is 20.7. The Hall–Kier alpha value is -8.06. The van der Waals surface area contributed by atoms with Crippen LogP contribution in [0.1, 0.15) is 47.2 Å². The number of rotatable bonds is 4. The fraction of sp³-hybridized carbons (Fsp3) is 0.114. The summed E-state index contributed by atoms with van der Waals surface area (Å²) < 4.78 is 0. The number of hydrogen-bond donors (Lipinski definition) is 0. The molecule has 2 aliphatic rings. The van der Waals surface area contributed by atoms with Crippen LogP contribution in [0.15, 0.2) is 158 Å². The normalized spacial score (nSPS) is 12.8. The van der Waals surface area contributed by atoms with E-state index in [0.29, 0.717) is 0 Å². The monoisotopic (exact) mass is 888 g/mol. The minimum atomic E-state index is 1.00. The van der Waals surface area contributed by atoms with Crippen molar-refractivity contribution < 1.29 is 0 Å². The van der Waals surface area contributed by atoms with Crippen LogP contribution in [0.2, 0.25) is 0 Å². The minimum absolute atomic E-state index is 1.00. The maximum atomic E-state index is 2.53. The highest BCUT2D eigenvalue weighted by Gasteiger charge is 2.32. The van der Waals surface area contributed by atoms with Crippen molar-refractivity contribution in [2.24, 2.45) is 0 Å². The molecule has 0 fully saturated rings. The van der Waals surface area contributed by atoms with Gasteiger partial charge >= 0.3 is 0 Å². The van der Waals surface area contributed by atoms with Gasteiger partial charge in [0.2, 0.25) is 0 Å². The summed E-state index contributed by atoms with van der Waals surface area (Å²) in [5.41, 5.74) is 24.9. The molecule has 0 nitrogen and oxygen atoms in total. The summed E-state index contributed by atoms with van der Waals surface area (Å²) in [7, 11) is 0. The van der Waals surface area contributed by atoms with Crippen molar-refractivity contribution in [3.05, 3.63) is 191 Å². The molecule has 0 saturated heterocycles. The lowest BCUT2D eigenvalue weighted by Crippen LogP contribution is -1.97. The van der Waals surface area contributed by atoms with Crippen molar-refractivity contribution in [2.75, 3.05) is 0 Å². The predicted molar refractivity (Wildman–Crippen MR) is 304 cm³/mol. The van der Waals surface area contributed by atoms with Crippen LogP contribution in [-0.4, -0.2) is 0 Å². The molecular formula is C70H48. The molecule has 14 aromatic carbocycles. The number of aryl methyl sites for hydroxylation is 6. The molecule has 0 N–H and O–H groups in total. The maximum absolute atomic E-state index is 2.53. The fourth-order valence-electron chi connectivity index (χ4n) is 15.1.